The lowest BCUT2D eigenvalue weighted by Crippen LogP contribution is -2.41. The van der Waals surface area contributed by atoms with Gasteiger partial charge in [-0.05, 0) is 61.3 Å². The highest BCUT2D eigenvalue weighted by molar-refractivity contribution is 7.80. The van der Waals surface area contributed by atoms with Crippen molar-refractivity contribution in [1.29, 1.82) is 0 Å². The molecule has 1 fully saturated rings. The van der Waals surface area contributed by atoms with Gasteiger partial charge in [-0.25, -0.2) is 0 Å². The van der Waals surface area contributed by atoms with E-state index in [4.69, 9.17) is 23.8 Å². The molecule has 1 aliphatic rings. The number of likely N-dealkylation sites (tertiary alicyclic amines) is 1. The van der Waals surface area contributed by atoms with E-state index >= 15 is 0 Å². The van der Waals surface area contributed by atoms with Crippen LogP contribution in [0.25, 0.3) is 0 Å². The Balaban J connectivity index is 1.49. The van der Waals surface area contributed by atoms with E-state index < -0.39 is 0 Å². The van der Waals surface area contributed by atoms with Crippen LogP contribution in [0.5, 0.6) is 0 Å². The molecule has 0 radical (unpaired) electrons. The lowest BCUT2D eigenvalue weighted by atomic mass is 9.97. The second-order valence-corrected chi connectivity index (χ2v) is 6.57. The molecule has 1 saturated heterocycles. The number of rotatable bonds is 3. The maximum atomic E-state index is 6.00. The Bertz CT molecular complexity index is 619. The molecule has 0 spiro atoms. The van der Waals surface area contributed by atoms with Crippen molar-refractivity contribution >= 4 is 34.6 Å². The van der Waals surface area contributed by atoms with Gasteiger partial charge in [0.2, 0.25) is 0 Å². The van der Waals surface area contributed by atoms with Crippen LogP contribution in [-0.4, -0.2) is 27.7 Å². The second-order valence-electron chi connectivity index (χ2n) is 5.75. The number of benzene rings is 1. The van der Waals surface area contributed by atoms with E-state index in [1.807, 2.05) is 24.3 Å². The zero-order valence-corrected chi connectivity index (χ0v) is 14.0. The van der Waals surface area contributed by atoms with Crippen molar-refractivity contribution in [3.63, 3.8) is 0 Å². The summed E-state index contributed by atoms with van der Waals surface area (Å²) in [6.07, 6.45) is 6.63. The van der Waals surface area contributed by atoms with Crippen LogP contribution in [0.15, 0.2) is 48.8 Å². The number of hydrogen-bond acceptors (Lipinski definition) is 1. The van der Waals surface area contributed by atoms with Crippen molar-refractivity contribution < 1.29 is 0 Å². The van der Waals surface area contributed by atoms with E-state index in [1.54, 1.807) is 0 Å². The average Bonchev–Trinajstić information content (AvgIpc) is 3.01. The maximum absolute atomic E-state index is 6.00. The molecule has 0 aliphatic carbocycles. The Morgan fingerprint density at radius 1 is 1.18 bits per heavy atom. The number of halogens is 1. The predicted octanol–water partition coefficient (Wildman–Crippen LogP) is 4.25. The Labute approximate surface area is 141 Å². The van der Waals surface area contributed by atoms with Crippen LogP contribution in [0.4, 0.5) is 5.69 Å². The third-order valence-corrected chi connectivity index (χ3v) is 4.71. The summed E-state index contributed by atoms with van der Waals surface area (Å²) in [5.74, 6) is 0.734. The fraction of sp³-hybridized carbons (Fsp3) is 0.353. The van der Waals surface area contributed by atoms with Gasteiger partial charge >= 0.3 is 0 Å². The van der Waals surface area contributed by atoms with E-state index in [1.165, 1.54) is 12.8 Å². The number of thiocarbonyl (C=S) groups is 1. The third-order valence-electron chi connectivity index (χ3n) is 4.11. The minimum atomic E-state index is 0.721. The van der Waals surface area contributed by atoms with Crippen molar-refractivity contribution in [2.75, 3.05) is 18.4 Å². The molecule has 0 unspecified atom stereocenters. The molecule has 1 aliphatic heterocycles. The molecule has 116 valence electrons. The largest absolute Gasteiger partial charge is 0.354 e. The number of hydrogen-bond donors (Lipinski definition) is 1. The second kappa shape index (κ2) is 7.16. The number of aromatic nitrogens is 1. The SMILES string of the molecule is S=C(Nc1cccc(Cl)c1)N1CCC(Cn2cccc2)CC1. The highest BCUT2D eigenvalue weighted by atomic mass is 35.5. The van der Waals surface area contributed by atoms with Gasteiger partial charge in [0.15, 0.2) is 5.11 Å². The first-order valence-corrected chi connectivity index (χ1v) is 8.41. The van der Waals surface area contributed by atoms with E-state index in [9.17, 15) is 0 Å². The average molecular weight is 334 g/mol. The number of piperidine rings is 1. The molecule has 1 N–H and O–H groups in total. The lowest BCUT2D eigenvalue weighted by molar-refractivity contribution is 0.248. The summed E-state index contributed by atoms with van der Waals surface area (Å²) < 4.78 is 2.27. The van der Waals surface area contributed by atoms with Crippen LogP contribution >= 0.6 is 23.8 Å². The molecule has 3 nitrogen and oxygen atoms in total. The molecule has 1 aromatic carbocycles. The van der Waals surface area contributed by atoms with Gasteiger partial charge in [-0.1, -0.05) is 17.7 Å². The Kier molecular flexibility index (Phi) is 5.01. The number of anilines is 1. The highest BCUT2D eigenvalue weighted by Crippen LogP contribution is 2.21. The zero-order valence-electron chi connectivity index (χ0n) is 12.4. The summed E-state index contributed by atoms with van der Waals surface area (Å²) in [5.41, 5.74) is 0.951. The van der Waals surface area contributed by atoms with Crippen LogP contribution in [-0.2, 0) is 6.54 Å². The first-order valence-electron chi connectivity index (χ1n) is 7.63. The molecule has 0 atom stereocenters. The fourth-order valence-electron chi connectivity index (χ4n) is 2.88. The quantitative estimate of drug-likeness (QED) is 0.848. The van der Waals surface area contributed by atoms with Crippen molar-refractivity contribution in [1.82, 2.24) is 9.47 Å². The van der Waals surface area contributed by atoms with Crippen LogP contribution in [0.2, 0.25) is 5.02 Å². The summed E-state index contributed by atoms with van der Waals surface area (Å²) >= 11 is 11.5. The fourth-order valence-corrected chi connectivity index (χ4v) is 3.37. The van der Waals surface area contributed by atoms with Crippen LogP contribution in [0.3, 0.4) is 0 Å². The van der Waals surface area contributed by atoms with E-state index in [2.05, 4.69) is 39.3 Å². The predicted molar refractivity (Wildman–Crippen MR) is 96.4 cm³/mol. The lowest BCUT2D eigenvalue weighted by Gasteiger charge is -2.34. The molecule has 0 bridgehead atoms. The van der Waals surface area contributed by atoms with Crippen LogP contribution in [0.1, 0.15) is 12.8 Å². The standard InChI is InChI=1S/C17H20ClN3S/c18-15-4-3-5-16(12-15)19-17(22)21-10-6-14(7-11-21)13-20-8-1-2-9-20/h1-5,8-9,12,14H,6-7,10-11,13H2,(H,19,22). The zero-order chi connectivity index (χ0) is 15.4. The van der Waals surface area contributed by atoms with Gasteiger partial charge < -0.3 is 14.8 Å². The Morgan fingerprint density at radius 3 is 2.59 bits per heavy atom. The summed E-state index contributed by atoms with van der Waals surface area (Å²) in [6.45, 7) is 3.13. The van der Waals surface area contributed by atoms with Crippen LogP contribution in [0, 0.1) is 5.92 Å². The molecule has 3 rings (SSSR count). The molecule has 5 heteroatoms. The van der Waals surface area contributed by atoms with Gasteiger partial charge in [0.05, 0.1) is 0 Å². The normalized spacial score (nSPS) is 15.8. The third kappa shape index (κ3) is 4.02. The van der Waals surface area contributed by atoms with E-state index in [0.717, 1.165) is 41.4 Å². The summed E-state index contributed by atoms with van der Waals surface area (Å²) in [5, 5.41) is 4.79. The van der Waals surface area contributed by atoms with Crippen molar-refractivity contribution in [2.24, 2.45) is 5.92 Å². The van der Waals surface area contributed by atoms with Gasteiger partial charge in [0.1, 0.15) is 0 Å². The van der Waals surface area contributed by atoms with E-state index in [0.29, 0.717) is 0 Å². The number of nitrogens with one attached hydrogen (secondary N) is 1. The van der Waals surface area contributed by atoms with Crippen molar-refractivity contribution in [2.45, 2.75) is 19.4 Å². The monoisotopic (exact) mass is 333 g/mol. The number of nitrogens with zero attached hydrogens (tertiary/aromatic N) is 2. The smallest absolute Gasteiger partial charge is 0.173 e. The molecule has 0 saturated carbocycles. The first-order chi connectivity index (χ1) is 10.7. The van der Waals surface area contributed by atoms with Gasteiger partial charge in [-0.15, -0.1) is 0 Å². The van der Waals surface area contributed by atoms with Crippen molar-refractivity contribution in [3.8, 4) is 0 Å². The minimum absolute atomic E-state index is 0.721. The van der Waals surface area contributed by atoms with Gasteiger partial charge in [-0.2, -0.15) is 0 Å². The topological polar surface area (TPSA) is 20.2 Å². The minimum Gasteiger partial charge on any atom is -0.354 e. The van der Waals surface area contributed by atoms with Gasteiger partial charge in [-0.3, -0.25) is 0 Å². The molecule has 0 amide bonds. The van der Waals surface area contributed by atoms with Gasteiger partial charge in [0.25, 0.3) is 0 Å². The van der Waals surface area contributed by atoms with Gasteiger partial charge in [0, 0.05) is 42.7 Å². The van der Waals surface area contributed by atoms with Crippen LogP contribution < -0.4 is 5.32 Å². The summed E-state index contributed by atoms with van der Waals surface area (Å²) in [7, 11) is 0. The molecular weight excluding hydrogens is 314 g/mol. The highest BCUT2D eigenvalue weighted by Gasteiger charge is 2.21. The Hall–Kier alpha value is -1.52. The first kappa shape index (κ1) is 15.4. The maximum Gasteiger partial charge on any atom is 0.173 e. The molecule has 1 aromatic heterocycles. The molecule has 2 heterocycles. The van der Waals surface area contributed by atoms with E-state index in [-0.39, 0.29) is 0 Å². The van der Waals surface area contributed by atoms with Crippen molar-refractivity contribution in [3.05, 3.63) is 53.8 Å². The Morgan fingerprint density at radius 2 is 1.91 bits per heavy atom. The molecular formula is C17H20ClN3S. The molecule has 22 heavy (non-hydrogen) atoms. The summed E-state index contributed by atoms with van der Waals surface area (Å²) in [4.78, 5) is 2.25. The molecule has 2 aromatic rings. The summed E-state index contributed by atoms with van der Waals surface area (Å²) in [6, 6.07) is 11.8.